The van der Waals surface area contributed by atoms with Gasteiger partial charge in [-0.05, 0) is 41.8 Å². The summed E-state index contributed by atoms with van der Waals surface area (Å²) in [6, 6.07) is 11.0. The Balaban J connectivity index is 2.26. The molecule has 0 fully saturated rings. The van der Waals surface area contributed by atoms with Crippen LogP contribution in [-0.2, 0) is 6.18 Å². The standard InChI is InChI=1S/C16H17F3N2/c1-10(2)11-4-3-5-13(8-11)21-15-7-6-12(9-14(15)20)16(17,18)19/h3-10,21H,20H2,1-2H3. The topological polar surface area (TPSA) is 38.0 Å². The Morgan fingerprint density at radius 3 is 2.33 bits per heavy atom. The van der Waals surface area contributed by atoms with Crippen molar-refractivity contribution < 1.29 is 13.2 Å². The quantitative estimate of drug-likeness (QED) is 0.768. The van der Waals surface area contributed by atoms with Gasteiger partial charge in [-0.2, -0.15) is 13.2 Å². The minimum Gasteiger partial charge on any atom is -0.397 e. The van der Waals surface area contributed by atoms with E-state index >= 15 is 0 Å². The first-order chi connectivity index (χ1) is 9.77. The van der Waals surface area contributed by atoms with Crippen molar-refractivity contribution in [2.24, 2.45) is 0 Å². The second-order valence-corrected chi connectivity index (χ2v) is 5.20. The predicted octanol–water partition coefficient (Wildman–Crippen LogP) is 5.15. The zero-order chi connectivity index (χ0) is 15.6. The first-order valence-electron chi connectivity index (χ1n) is 6.61. The first-order valence-corrected chi connectivity index (χ1v) is 6.61. The van der Waals surface area contributed by atoms with Crippen LogP contribution in [-0.4, -0.2) is 0 Å². The number of alkyl halides is 3. The maximum Gasteiger partial charge on any atom is 0.416 e. The van der Waals surface area contributed by atoms with E-state index in [2.05, 4.69) is 19.2 Å². The van der Waals surface area contributed by atoms with E-state index in [1.807, 2.05) is 24.3 Å². The zero-order valence-electron chi connectivity index (χ0n) is 11.8. The number of halogens is 3. The van der Waals surface area contributed by atoms with Gasteiger partial charge < -0.3 is 11.1 Å². The first kappa shape index (κ1) is 15.2. The van der Waals surface area contributed by atoms with Crippen molar-refractivity contribution in [3.63, 3.8) is 0 Å². The van der Waals surface area contributed by atoms with Crippen LogP contribution >= 0.6 is 0 Å². The van der Waals surface area contributed by atoms with Crippen molar-refractivity contribution in [2.75, 3.05) is 11.1 Å². The fourth-order valence-electron chi connectivity index (χ4n) is 1.98. The van der Waals surface area contributed by atoms with E-state index < -0.39 is 11.7 Å². The molecule has 2 rings (SSSR count). The van der Waals surface area contributed by atoms with Crippen LogP contribution in [0, 0.1) is 0 Å². The number of nitrogens with two attached hydrogens (primary N) is 1. The number of hydrogen-bond acceptors (Lipinski definition) is 2. The molecule has 0 saturated carbocycles. The second-order valence-electron chi connectivity index (χ2n) is 5.20. The van der Waals surface area contributed by atoms with Crippen molar-refractivity contribution in [3.8, 4) is 0 Å². The van der Waals surface area contributed by atoms with Crippen molar-refractivity contribution in [1.82, 2.24) is 0 Å². The third-order valence-corrected chi connectivity index (χ3v) is 3.21. The highest BCUT2D eigenvalue weighted by Gasteiger charge is 2.30. The van der Waals surface area contributed by atoms with Gasteiger partial charge in [0.2, 0.25) is 0 Å². The number of benzene rings is 2. The number of nitrogen functional groups attached to an aromatic ring is 1. The summed E-state index contributed by atoms with van der Waals surface area (Å²) in [5, 5.41) is 3.05. The van der Waals surface area contributed by atoms with E-state index in [-0.39, 0.29) is 5.69 Å². The highest BCUT2D eigenvalue weighted by molar-refractivity contribution is 5.73. The lowest BCUT2D eigenvalue weighted by molar-refractivity contribution is -0.137. The van der Waals surface area contributed by atoms with Gasteiger partial charge in [-0.1, -0.05) is 26.0 Å². The predicted molar refractivity (Wildman–Crippen MR) is 79.7 cm³/mol. The average Bonchev–Trinajstić information content (AvgIpc) is 2.40. The van der Waals surface area contributed by atoms with Gasteiger partial charge in [0.15, 0.2) is 0 Å². The van der Waals surface area contributed by atoms with Gasteiger partial charge in [-0.25, -0.2) is 0 Å². The lowest BCUT2D eigenvalue weighted by Crippen LogP contribution is -2.06. The summed E-state index contributed by atoms with van der Waals surface area (Å²) in [4.78, 5) is 0. The van der Waals surface area contributed by atoms with Crippen LogP contribution in [0.3, 0.4) is 0 Å². The van der Waals surface area contributed by atoms with Gasteiger partial charge in [0.1, 0.15) is 0 Å². The molecule has 0 aliphatic carbocycles. The van der Waals surface area contributed by atoms with Crippen LogP contribution in [0.2, 0.25) is 0 Å². The molecule has 2 aromatic carbocycles. The molecule has 21 heavy (non-hydrogen) atoms. The van der Waals surface area contributed by atoms with Crippen LogP contribution in [0.1, 0.15) is 30.9 Å². The molecular weight excluding hydrogens is 277 g/mol. The minimum atomic E-state index is -4.38. The summed E-state index contributed by atoms with van der Waals surface area (Å²) >= 11 is 0. The Morgan fingerprint density at radius 2 is 1.76 bits per heavy atom. The number of anilines is 3. The normalized spacial score (nSPS) is 11.7. The van der Waals surface area contributed by atoms with Crippen LogP contribution in [0.15, 0.2) is 42.5 Å². The van der Waals surface area contributed by atoms with Crippen LogP contribution in [0.25, 0.3) is 0 Å². The van der Waals surface area contributed by atoms with E-state index in [0.29, 0.717) is 11.6 Å². The Morgan fingerprint density at radius 1 is 1.05 bits per heavy atom. The highest BCUT2D eigenvalue weighted by Crippen LogP contribution is 2.34. The molecule has 0 radical (unpaired) electrons. The molecule has 0 saturated heterocycles. The van der Waals surface area contributed by atoms with Gasteiger partial charge in [0.25, 0.3) is 0 Å². The monoisotopic (exact) mass is 294 g/mol. The fourth-order valence-corrected chi connectivity index (χ4v) is 1.98. The van der Waals surface area contributed by atoms with Crippen molar-refractivity contribution in [3.05, 3.63) is 53.6 Å². The summed E-state index contributed by atoms with van der Waals surface area (Å²) in [7, 11) is 0. The third kappa shape index (κ3) is 3.68. The van der Waals surface area contributed by atoms with E-state index in [9.17, 15) is 13.2 Å². The van der Waals surface area contributed by atoms with E-state index in [4.69, 9.17) is 5.73 Å². The summed E-state index contributed by atoms with van der Waals surface area (Å²) < 4.78 is 37.8. The van der Waals surface area contributed by atoms with Crippen molar-refractivity contribution in [2.45, 2.75) is 25.9 Å². The molecular formula is C16H17F3N2. The minimum absolute atomic E-state index is 0.0692. The summed E-state index contributed by atoms with van der Waals surface area (Å²) in [5.41, 5.74) is 7.43. The molecule has 0 atom stereocenters. The van der Waals surface area contributed by atoms with Gasteiger partial charge in [0, 0.05) is 5.69 Å². The largest absolute Gasteiger partial charge is 0.416 e. The highest BCUT2D eigenvalue weighted by atomic mass is 19.4. The van der Waals surface area contributed by atoms with Crippen molar-refractivity contribution in [1.29, 1.82) is 0 Å². The van der Waals surface area contributed by atoms with Crippen LogP contribution in [0.5, 0.6) is 0 Å². The van der Waals surface area contributed by atoms with Gasteiger partial charge in [-0.15, -0.1) is 0 Å². The average molecular weight is 294 g/mol. The van der Waals surface area contributed by atoms with Gasteiger partial charge in [-0.3, -0.25) is 0 Å². The van der Waals surface area contributed by atoms with Gasteiger partial charge in [0.05, 0.1) is 16.9 Å². The second kappa shape index (κ2) is 5.68. The van der Waals surface area contributed by atoms with Crippen molar-refractivity contribution >= 4 is 17.1 Å². The molecule has 0 aromatic heterocycles. The molecule has 2 aromatic rings. The number of rotatable bonds is 3. The molecule has 0 amide bonds. The molecule has 112 valence electrons. The SMILES string of the molecule is CC(C)c1cccc(Nc2ccc(C(F)(F)F)cc2N)c1. The number of nitrogens with one attached hydrogen (secondary N) is 1. The van der Waals surface area contributed by atoms with E-state index in [1.54, 1.807) is 0 Å². The smallest absolute Gasteiger partial charge is 0.397 e. The molecule has 0 aliphatic heterocycles. The molecule has 5 heteroatoms. The summed E-state index contributed by atoms with van der Waals surface area (Å²) in [6.45, 7) is 4.15. The maximum absolute atomic E-state index is 12.6. The van der Waals surface area contributed by atoms with Crippen LogP contribution < -0.4 is 11.1 Å². The van der Waals surface area contributed by atoms with E-state index in [1.165, 1.54) is 6.07 Å². The number of hydrogen-bond donors (Lipinski definition) is 2. The molecule has 0 bridgehead atoms. The zero-order valence-corrected chi connectivity index (χ0v) is 11.8. The lowest BCUT2D eigenvalue weighted by Gasteiger charge is -2.14. The molecule has 3 N–H and O–H groups in total. The van der Waals surface area contributed by atoms with Gasteiger partial charge >= 0.3 is 6.18 Å². The Hall–Kier alpha value is -2.17. The molecule has 0 spiro atoms. The van der Waals surface area contributed by atoms with Crippen LogP contribution in [0.4, 0.5) is 30.2 Å². The molecule has 0 unspecified atom stereocenters. The maximum atomic E-state index is 12.6. The van der Waals surface area contributed by atoms with E-state index in [0.717, 1.165) is 23.4 Å². The fraction of sp³-hybridized carbons (Fsp3) is 0.250. The molecule has 2 nitrogen and oxygen atoms in total. The summed E-state index contributed by atoms with van der Waals surface area (Å²) in [6.07, 6.45) is -4.38. The molecule has 0 aliphatic rings. The Kier molecular flexibility index (Phi) is 4.11. The molecule has 0 heterocycles. The summed E-state index contributed by atoms with van der Waals surface area (Å²) in [5.74, 6) is 0.372. The Bertz CT molecular complexity index is 634. The Labute approximate surface area is 121 Å². The third-order valence-electron chi connectivity index (χ3n) is 3.21. The lowest BCUT2D eigenvalue weighted by atomic mass is 10.0.